The topological polar surface area (TPSA) is 101 Å². The lowest BCUT2D eigenvalue weighted by Gasteiger charge is -2.36. The number of hydrogen-bond acceptors (Lipinski definition) is 6. The third-order valence-corrected chi connectivity index (χ3v) is 8.66. The summed E-state index contributed by atoms with van der Waals surface area (Å²) in [5.74, 6) is -2.23. The smallest absolute Gasteiger partial charge is 0.417 e. The molecule has 2 aliphatic rings. The van der Waals surface area contributed by atoms with Crippen LogP contribution < -0.4 is 10.1 Å². The van der Waals surface area contributed by atoms with E-state index in [1.165, 1.54) is 7.11 Å². The van der Waals surface area contributed by atoms with E-state index in [-0.39, 0.29) is 29.8 Å². The average molecular weight is 606 g/mol. The highest BCUT2D eigenvalue weighted by atomic mass is 19.4. The van der Waals surface area contributed by atoms with E-state index in [2.05, 4.69) is 10.3 Å². The van der Waals surface area contributed by atoms with Crippen molar-refractivity contribution in [3.8, 4) is 5.88 Å². The number of aliphatic carboxylic acids is 1. The number of carboxylic acid groups (broad SMARTS) is 1. The first kappa shape index (κ1) is 32.7. The summed E-state index contributed by atoms with van der Waals surface area (Å²) in [7, 11) is 1.34. The second-order valence-electron chi connectivity index (χ2n) is 12.8. The van der Waals surface area contributed by atoms with E-state index in [4.69, 9.17) is 9.47 Å². The number of rotatable bonds is 8. The number of halogens is 3. The van der Waals surface area contributed by atoms with Crippen LogP contribution in [0.3, 0.4) is 0 Å². The Morgan fingerprint density at radius 2 is 1.81 bits per heavy atom. The van der Waals surface area contributed by atoms with E-state index < -0.39 is 53.1 Å². The lowest BCUT2D eigenvalue weighted by atomic mass is 9.72. The Morgan fingerprint density at radius 1 is 1.16 bits per heavy atom. The number of ether oxygens (including phenoxy) is 2. The monoisotopic (exact) mass is 605 g/mol. The zero-order valence-electron chi connectivity index (χ0n) is 25.6. The number of carbonyl (C=O) groups excluding carboxylic acids is 1. The van der Waals surface area contributed by atoms with Crippen LogP contribution in [0.5, 0.6) is 5.88 Å². The molecule has 2 saturated heterocycles. The van der Waals surface area contributed by atoms with Gasteiger partial charge in [-0.25, -0.2) is 9.78 Å². The molecule has 2 fully saturated rings. The first-order chi connectivity index (χ1) is 20.2. The van der Waals surface area contributed by atoms with Crippen molar-refractivity contribution in [2.75, 3.05) is 20.3 Å². The molecule has 0 radical (unpaired) electrons. The third kappa shape index (κ3) is 6.82. The molecule has 0 unspecified atom stereocenters. The Hall–Kier alpha value is -3.18. The molecule has 2 aromatic rings. The number of likely N-dealkylation sites (tertiary alicyclic amines) is 1. The number of hydrogen-bond donors (Lipinski definition) is 2. The van der Waals surface area contributed by atoms with Crippen LogP contribution in [0.15, 0.2) is 36.5 Å². The molecule has 43 heavy (non-hydrogen) atoms. The van der Waals surface area contributed by atoms with Crippen LogP contribution in [-0.2, 0) is 27.0 Å². The zero-order chi connectivity index (χ0) is 31.7. The number of alkyl halides is 3. The fourth-order valence-electron chi connectivity index (χ4n) is 6.71. The maximum Gasteiger partial charge on any atom is 0.417 e. The molecule has 2 aliphatic heterocycles. The summed E-state index contributed by atoms with van der Waals surface area (Å²) in [5, 5.41) is 14.1. The van der Waals surface area contributed by atoms with Crippen LogP contribution in [0.4, 0.5) is 13.2 Å². The van der Waals surface area contributed by atoms with Crippen molar-refractivity contribution in [3.63, 3.8) is 0 Å². The van der Waals surface area contributed by atoms with Gasteiger partial charge in [0.2, 0.25) is 11.8 Å². The molecule has 236 valence electrons. The van der Waals surface area contributed by atoms with E-state index in [1.807, 2.05) is 58.9 Å². The Morgan fingerprint density at radius 3 is 2.37 bits per heavy atom. The highest BCUT2D eigenvalue weighted by molar-refractivity contribution is 5.87. The summed E-state index contributed by atoms with van der Waals surface area (Å²) in [4.78, 5) is 32.9. The van der Waals surface area contributed by atoms with Crippen molar-refractivity contribution in [1.82, 2.24) is 15.2 Å². The molecule has 0 aliphatic carbocycles. The lowest BCUT2D eigenvalue weighted by molar-refractivity contribution is -0.155. The Balaban J connectivity index is 1.89. The summed E-state index contributed by atoms with van der Waals surface area (Å²) < 4.78 is 51.6. The zero-order valence-corrected chi connectivity index (χ0v) is 25.6. The van der Waals surface area contributed by atoms with Crippen molar-refractivity contribution in [2.45, 2.75) is 84.2 Å². The normalized spacial score (nSPS) is 23.5. The van der Waals surface area contributed by atoms with Gasteiger partial charge in [-0.1, -0.05) is 58.9 Å². The highest BCUT2D eigenvalue weighted by Gasteiger charge is 2.58. The number of nitrogens with one attached hydrogen (secondary N) is 1. The van der Waals surface area contributed by atoms with Crippen molar-refractivity contribution in [2.24, 2.45) is 17.3 Å². The molecule has 11 heteroatoms. The quantitative estimate of drug-likeness (QED) is 0.391. The van der Waals surface area contributed by atoms with Crippen molar-refractivity contribution in [3.05, 3.63) is 58.8 Å². The summed E-state index contributed by atoms with van der Waals surface area (Å²) in [6, 6.07) is 6.21. The van der Waals surface area contributed by atoms with Crippen molar-refractivity contribution < 1.29 is 37.3 Å². The lowest BCUT2D eigenvalue weighted by Crippen LogP contribution is -2.49. The fraction of sp³-hybridized carbons (Fsp3) is 0.594. The van der Waals surface area contributed by atoms with E-state index in [0.29, 0.717) is 26.1 Å². The van der Waals surface area contributed by atoms with Crippen molar-refractivity contribution >= 4 is 11.9 Å². The highest BCUT2D eigenvalue weighted by Crippen LogP contribution is 2.50. The summed E-state index contributed by atoms with van der Waals surface area (Å²) >= 11 is 0. The predicted molar refractivity (Wildman–Crippen MR) is 154 cm³/mol. The molecular formula is C32H42F3N3O5. The Bertz CT molecular complexity index is 1300. The van der Waals surface area contributed by atoms with E-state index in [0.717, 1.165) is 23.4 Å². The molecule has 2 N–H and O–H groups in total. The number of methoxy groups -OCH3 is 1. The molecule has 1 aromatic heterocycles. The third-order valence-electron chi connectivity index (χ3n) is 8.66. The fourth-order valence-corrected chi connectivity index (χ4v) is 6.71. The van der Waals surface area contributed by atoms with Gasteiger partial charge in [0.25, 0.3) is 0 Å². The molecule has 0 saturated carbocycles. The van der Waals surface area contributed by atoms with Gasteiger partial charge < -0.3 is 24.8 Å². The van der Waals surface area contributed by atoms with E-state index >= 15 is 0 Å². The Kier molecular flexibility index (Phi) is 9.76. The summed E-state index contributed by atoms with van der Waals surface area (Å²) in [6.07, 6.45) is -2.89. The van der Waals surface area contributed by atoms with Crippen LogP contribution in [-0.4, -0.2) is 59.3 Å². The minimum absolute atomic E-state index is 0.0369. The van der Waals surface area contributed by atoms with Crippen LogP contribution in [0.1, 0.15) is 81.7 Å². The van der Waals surface area contributed by atoms with Crippen LogP contribution in [0, 0.1) is 17.3 Å². The van der Waals surface area contributed by atoms with Gasteiger partial charge in [0.15, 0.2) is 0 Å². The van der Waals surface area contributed by atoms with Gasteiger partial charge in [0.05, 0.1) is 18.7 Å². The second-order valence-corrected chi connectivity index (χ2v) is 12.8. The maximum atomic E-state index is 14.4. The Labute approximate surface area is 251 Å². The minimum atomic E-state index is -4.60. The average Bonchev–Trinajstić information content (AvgIpc) is 3.31. The predicted octanol–water partition coefficient (Wildman–Crippen LogP) is 5.82. The van der Waals surface area contributed by atoms with Gasteiger partial charge in [-0.3, -0.25) is 4.79 Å². The number of benzene rings is 1. The SMILES string of the molecule is COc1ncc(C(F)(F)F)cc1CN[C@H]1[C@H](C(C)(C)C)[C@@H](C(=O)O)N(C(=O)C2CCOCC2)[C@H]1c1ccccc1C(C)C. The first-order valence-corrected chi connectivity index (χ1v) is 14.7. The molecule has 0 bridgehead atoms. The molecule has 4 atom stereocenters. The first-order valence-electron chi connectivity index (χ1n) is 14.7. The number of pyridine rings is 1. The van der Waals surface area contributed by atoms with Crippen molar-refractivity contribution in [1.29, 1.82) is 0 Å². The molecular weight excluding hydrogens is 563 g/mol. The maximum absolute atomic E-state index is 14.4. The number of carbonyl (C=O) groups is 2. The van der Waals surface area contributed by atoms with Gasteiger partial charge >= 0.3 is 12.1 Å². The van der Waals surface area contributed by atoms with Gasteiger partial charge in [-0.2, -0.15) is 13.2 Å². The van der Waals surface area contributed by atoms with E-state index in [9.17, 15) is 27.9 Å². The largest absolute Gasteiger partial charge is 0.481 e. The van der Waals surface area contributed by atoms with Gasteiger partial charge in [-0.15, -0.1) is 0 Å². The van der Waals surface area contributed by atoms with Gasteiger partial charge in [-0.05, 0) is 41.4 Å². The second kappa shape index (κ2) is 12.8. The summed E-state index contributed by atoms with van der Waals surface area (Å²) in [5.41, 5.74) is 0.461. The van der Waals surface area contributed by atoms with Gasteiger partial charge in [0.1, 0.15) is 6.04 Å². The van der Waals surface area contributed by atoms with Crippen LogP contribution in [0.2, 0.25) is 0 Å². The molecule has 1 aromatic carbocycles. The van der Waals surface area contributed by atoms with Gasteiger partial charge in [0, 0.05) is 49.4 Å². The molecule has 3 heterocycles. The molecule has 0 spiro atoms. The minimum Gasteiger partial charge on any atom is -0.481 e. The number of nitrogens with zero attached hydrogens (tertiary/aromatic N) is 2. The standard InChI is InChI=1S/C32H42F3N3O5/c1-18(2)22-9-7-8-10-23(22)26-25(36-16-20-15-21(32(33,34)35)17-37-28(20)42-6)24(31(3,4)5)27(30(40)41)38(26)29(39)19-11-13-43-14-12-19/h7-10,15,17-19,24-27,36H,11-14,16H2,1-6H3,(H,40,41)/t24-,25-,26-,27-/m0/s1. The number of carboxylic acids is 1. The molecule has 4 rings (SSSR count). The number of aromatic nitrogens is 1. The summed E-state index contributed by atoms with van der Waals surface area (Å²) in [6.45, 7) is 10.6. The molecule has 1 amide bonds. The van der Waals surface area contributed by atoms with Crippen LogP contribution >= 0.6 is 0 Å². The molecule has 8 nitrogen and oxygen atoms in total. The van der Waals surface area contributed by atoms with Crippen LogP contribution in [0.25, 0.3) is 0 Å². The van der Waals surface area contributed by atoms with E-state index in [1.54, 1.807) is 4.90 Å². The number of amides is 1.